The van der Waals surface area contributed by atoms with E-state index in [0.717, 1.165) is 29.8 Å². The van der Waals surface area contributed by atoms with Gasteiger partial charge in [-0.15, -0.1) is 0 Å². The van der Waals surface area contributed by atoms with Crippen LogP contribution in [0.2, 0.25) is 0 Å². The van der Waals surface area contributed by atoms with E-state index >= 15 is 0 Å². The monoisotopic (exact) mass is 327 g/mol. The molecule has 1 heterocycles. The molecule has 130 valence electrons. The second-order valence-corrected chi connectivity index (χ2v) is 7.51. The number of aliphatic imine (C=N–C) groups is 1. The van der Waals surface area contributed by atoms with Gasteiger partial charge in [-0.1, -0.05) is 57.7 Å². The topological polar surface area (TPSA) is 58.7 Å². The summed E-state index contributed by atoms with van der Waals surface area (Å²) in [6, 6.07) is 8.19. The second-order valence-electron chi connectivity index (χ2n) is 7.51. The lowest BCUT2D eigenvalue weighted by atomic mass is 9.89. The van der Waals surface area contributed by atoms with Crippen LogP contribution in [-0.4, -0.2) is 24.3 Å². The minimum absolute atomic E-state index is 0.0835. The Bertz CT molecular complexity index is 615. The van der Waals surface area contributed by atoms with Gasteiger partial charge in [0.2, 0.25) is 0 Å². The number of hydrogen-bond acceptors (Lipinski definition) is 3. The van der Waals surface area contributed by atoms with Crippen LogP contribution in [0.5, 0.6) is 0 Å². The number of rotatable bonds is 3. The number of benzodiazepines with no additional fused rings is 1. The maximum absolute atomic E-state index is 12.8. The number of fused-ring (bicyclic) bond motifs is 1. The quantitative estimate of drug-likeness (QED) is 0.860. The first-order chi connectivity index (χ1) is 11.6. The molecule has 3 rings (SSSR count). The first kappa shape index (κ1) is 17.2. The summed E-state index contributed by atoms with van der Waals surface area (Å²) in [4.78, 5) is 19.4. The Morgan fingerprint density at radius 2 is 1.83 bits per heavy atom. The summed E-state index contributed by atoms with van der Waals surface area (Å²) in [5.74, 6) is 0.722. The number of nitrogens with two attached hydrogens (primary N) is 1. The standard InChI is InChI=1S/C20H29N3O/c1-14(2)13-23-17-12-8-7-11-16(17)18(22-19(21)20(23)24)15-9-5-3-4-6-10-15/h7-8,11-12,14-15,19H,3-6,9-10,13,21H2,1-2H3. The maximum Gasteiger partial charge on any atom is 0.266 e. The Labute approximate surface area is 145 Å². The summed E-state index contributed by atoms with van der Waals surface area (Å²) >= 11 is 0. The van der Waals surface area contributed by atoms with Gasteiger partial charge in [0.15, 0.2) is 6.17 Å². The zero-order chi connectivity index (χ0) is 17.1. The first-order valence-electron chi connectivity index (χ1n) is 9.32. The molecule has 2 aliphatic rings. The van der Waals surface area contributed by atoms with Gasteiger partial charge in [0.1, 0.15) is 0 Å². The molecule has 4 nitrogen and oxygen atoms in total. The van der Waals surface area contributed by atoms with Gasteiger partial charge in [0.25, 0.3) is 5.91 Å². The summed E-state index contributed by atoms with van der Waals surface area (Å²) in [5.41, 5.74) is 9.32. The molecule has 1 amide bonds. The van der Waals surface area contributed by atoms with Crippen molar-refractivity contribution in [1.29, 1.82) is 0 Å². The fraction of sp³-hybridized carbons (Fsp3) is 0.600. The van der Waals surface area contributed by atoms with Crippen molar-refractivity contribution in [2.75, 3.05) is 11.4 Å². The molecule has 1 saturated carbocycles. The Balaban J connectivity index is 2.04. The van der Waals surface area contributed by atoms with Crippen molar-refractivity contribution >= 4 is 17.3 Å². The van der Waals surface area contributed by atoms with Crippen LogP contribution in [-0.2, 0) is 4.79 Å². The number of carbonyl (C=O) groups is 1. The van der Waals surface area contributed by atoms with Gasteiger partial charge in [-0.05, 0) is 24.8 Å². The van der Waals surface area contributed by atoms with Crippen LogP contribution in [0.3, 0.4) is 0 Å². The van der Waals surface area contributed by atoms with E-state index in [1.165, 1.54) is 25.7 Å². The van der Waals surface area contributed by atoms with Crippen molar-refractivity contribution in [2.24, 2.45) is 22.6 Å². The number of benzene rings is 1. The molecule has 4 heteroatoms. The molecule has 2 N–H and O–H groups in total. The smallest absolute Gasteiger partial charge is 0.266 e. The molecular weight excluding hydrogens is 298 g/mol. The highest BCUT2D eigenvalue weighted by Crippen LogP contribution is 2.33. The number of anilines is 1. The third-order valence-electron chi connectivity index (χ3n) is 5.06. The zero-order valence-electron chi connectivity index (χ0n) is 14.9. The summed E-state index contributed by atoms with van der Waals surface area (Å²) in [5, 5.41) is 0. The fourth-order valence-electron chi connectivity index (χ4n) is 3.91. The molecule has 1 fully saturated rings. The molecule has 1 aliphatic carbocycles. The number of nitrogens with zero attached hydrogens (tertiary/aromatic N) is 2. The van der Waals surface area contributed by atoms with Crippen LogP contribution in [0, 0.1) is 11.8 Å². The average molecular weight is 327 g/mol. The lowest BCUT2D eigenvalue weighted by Crippen LogP contribution is -2.44. The Kier molecular flexibility index (Phi) is 5.34. The molecule has 0 radical (unpaired) electrons. The van der Waals surface area contributed by atoms with Crippen molar-refractivity contribution < 1.29 is 4.79 Å². The number of para-hydroxylation sites is 1. The van der Waals surface area contributed by atoms with Crippen LogP contribution in [0.25, 0.3) is 0 Å². The molecule has 1 aliphatic heterocycles. The lowest BCUT2D eigenvalue weighted by molar-refractivity contribution is -0.119. The third-order valence-corrected chi connectivity index (χ3v) is 5.06. The Hall–Kier alpha value is -1.68. The van der Waals surface area contributed by atoms with Crippen LogP contribution in [0.15, 0.2) is 29.3 Å². The minimum Gasteiger partial charge on any atom is -0.308 e. The molecule has 0 spiro atoms. The van der Waals surface area contributed by atoms with Gasteiger partial charge in [-0.3, -0.25) is 9.79 Å². The highest BCUT2D eigenvalue weighted by molar-refractivity contribution is 6.13. The first-order valence-corrected chi connectivity index (χ1v) is 9.32. The van der Waals surface area contributed by atoms with E-state index < -0.39 is 6.17 Å². The predicted molar refractivity (Wildman–Crippen MR) is 99.3 cm³/mol. The Morgan fingerprint density at radius 1 is 1.17 bits per heavy atom. The third kappa shape index (κ3) is 3.54. The van der Waals surface area contributed by atoms with Crippen molar-refractivity contribution in [1.82, 2.24) is 0 Å². The van der Waals surface area contributed by atoms with E-state index in [-0.39, 0.29) is 5.91 Å². The molecule has 1 aromatic carbocycles. The predicted octanol–water partition coefficient (Wildman–Crippen LogP) is 3.73. The molecule has 0 aromatic heterocycles. The molecule has 1 atom stereocenters. The highest BCUT2D eigenvalue weighted by atomic mass is 16.2. The van der Waals surface area contributed by atoms with E-state index in [9.17, 15) is 4.79 Å². The molecule has 0 bridgehead atoms. The summed E-state index contributed by atoms with van der Waals surface area (Å²) in [6.07, 6.45) is 6.60. The number of hydrogen-bond donors (Lipinski definition) is 1. The van der Waals surface area contributed by atoms with E-state index in [1.54, 1.807) is 0 Å². The normalized spacial score (nSPS) is 22.8. The average Bonchev–Trinajstić information content (AvgIpc) is 2.89. The Morgan fingerprint density at radius 3 is 2.50 bits per heavy atom. The van der Waals surface area contributed by atoms with E-state index in [4.69, 9.17) is 10.7 Å². The summed E-state index contributed by atoms with van der Waals surface area (Å²) in [6.45, 7) is 4.93. The van der Waals surface area contributed by atoms with Gasteiger partial charge in [-0.25, -0.2) is 0 Å². The van der Waals surface area contributed by atoms with Crippen LogP contribution < -0.4 is 10.6 Å². The largest absolute Gasteiger partial charge is 0.308 e. The van der Waals surface area contributed by atoms with Crippen LogP contribution in [0.1, 0.15) is 57.9 Å². The van der Waals surface area contributed by atoms with Crippen molar-refractivity contribution in [3.8, 4) is 0 Å². The molecular formula is C20H29N3O. The zero-order valence-corrected chi connectivity index (χ0v) is 14.9. The van der Waals surface area contributed by atoms with Gasteiger partial charge in [0, 0.05) is 23.7 Å². The number of amides is 1. The van der Waals surface area contributed by atoms with Crippen molar-refractivity contribution in [2.45, 2.75) is 58.5 Å². The summed E-state index contributed by atoms with van der Waals surface area (Å²) in [7, 11) is 0. The van der Waals surface area contributed by atoms with Gasteiger partial charge < -0.3 is 10.6 Å². The van der Waals surface area contributed by atoms with E-state index in [1.807, 2.05) is 23.1 Å². The molecule has 0 saturated heterocycles. The molecule has 1 unspecified atom stereocenters. The maximum atomic E-state index is 12.8. The molecule has 1 aromatic rings. The highest BCUT2D eigenvalue weighted by Gasteiger charge is 2.32. The lowest BCUT2D eigenvalue weighted by Gasteiger charge is -2.26. The second kappa shape index (κ2) is 7.47. The molecule has 24 heavy (non-hydrogen) atoms. The summed E-state index contributed by atoms with van der Waals surface area (Å²) < 4.78 is 0. The van der Waals surface area contributed by atoms with Crippen molar-refractivity contribution in [3.05, 3.63) is 29.8 Å². The minimum atomic E-state index is -0.783. The van der Waals surface area contributed by atoms with Gasteiger partial charge >= 0.3 is 0 Å². The van der Waals surface area contributed by atoms with E-state index in [0.29, 0.717) is 18.4 Å². The van der Waals surface area contributed by atoms with Crippen LogP contribution >= 0.6 is 0 Å². The SMILES string of the molecule is CC(C)CN1C(=O)C(N)N=C(C2CCCCCC2)c2ccccc21. The fourth-order valence-corrected chi connectivity index (χ4v) is 3.91. The van der Waals surface area contributed by atoms with Crippen LogP contribution in [0.4, 0.5) is 5.69 Å². The van der Waals surface area contributed by atoms with E-state index in [2.05, 4.69) is 19.9 Å². The van der Waals surface area contributed by atoms with Gasteiger partial charge in [-0.2, -0.15) is 0 Å². The van der Waals surface area contributed by atoms with Gasteiger partial charge in [0.05, 0.1) is 5.69 Å². The number of carbonyl (C=O) groups excluding carboxylic acids is 1. The van der Waals surface area contributed by atoms with Crippen molar-refractivity contribution in [3.63, 3.8) is 0 Å².